The van der Waals surface area contributed by atoms with Gasteiger partial charge in [-0.15, -0.1) is 0 Å². The normalized spacial score (nSPS) is 14.5. The molecule has 0 bridgehead atoms. The lowest BCUT2D eigenvalue weighted by Crippen LogP contribution is -2.47. The first-order chi connectivity index (χ1) is 12.4. The topological polar surface area (TPSA) is 97.0 Å². The highest BCUT2D eigenvalue weighted by Gasteiger charge is 2.24. The SMILES string of the molecule is CCOC(=O)N1CCC(NC(=O)Nc2ccc(Cl)c(C(=O)OC)c2)CC1. The quantitative estimate of drug-likeness (QED) is 0.779. The summed E-state index contributed by atoms with van der Waals surface area (Å²) in [6.07, 6.45) is 0.951. The van der Waals surface area contributed by atoms with Gasteiger partial charge in [0.05, 0.1) is 24.3 Å². The van der Waals surface area contributed by atoms with Crippen molar-refractivity contribution in [1.82, 2.24) is 10.2 Å². The van der Waals surface area contributed by atoms with Gasteiger partial charge in [-0.3, -0.25) is 0 Å². The van der Waals surface area contributed by atoms with Crippen molar-refractivity contribution in [2.24, 2.45) is 0 Å². The van der Waals surface area contributed by atoms with Crippen molar-refractivity contribution >= 4 is 35.4 Å². The van der Waals surface area contributed by atoms with E-state index in [0.717, 1.165) is 0 Å². The van der Waals surface area contributed by atoms with Gasteiger partial charge in [0.25, 0.3) is 0 Å². The van der Waals surface area contributed by atoms with Gasteiger partial charge in [-0.05, 0) is 38.0 Å². The molecule has 1 fully saturated rings. The number of nitrogens with zero attached hydrogens (tertiary/aromatic N) is 1. The molecule has 2 N–H and O–H groups in total. The number of benzene rings is 1. The molecule has 0 atom stereocenters. The number of likely N-dealkylation sites (tertiary alicyclic amines) is 1. The van der Waals surface area contributed by atoms with Crippen LogP contribution >= 0.6 is 11.6 Å². The number of amides is 3. The highest BCUT2D eigenvalue weighted by Crippen LogP contribution is 2.21. The number of halogens is 1. The van der Waals surface area contributed by atoms with Crippen LogP contribution in [0.4, 0.5) is 15.3 Å². The van der Waals surface area contributed by atoms with E-state index in [4.69, 9.17) is 16.3 Å². The molecule has 0 aliphatic carbocycles. The van der Waals surface area contributed by atoms with Crippen molar-refractivity contribution in [2.75, 3.05) is 32.1 Å². The molecule has 1 heterocycles. The molecule has 1 aliphatic heterocycles. The van der Waals surface area contributed by atoms with Crippen LogP contribution in [0.15, 0.2) is 18.2 Å². The second kappa shape index (κ2) is 9.28. The third-order valence-corrected chi connectivity index (χ3v) is 4.32. The summed E-state index contributed by atoms with van der Waals surface area (Å²) in [5.74, 6) is -0.578. The number of urea groups is 1. The number of ether oxygens (including phenoxy) is 2. The Kier molecular flexibility index (Phi) is 7.08. The molecule has 26 heavy (non-hydrogen) atoms. The summed E-state index contributed by atoms with van der Waals surface area (Å²) < 4.78 is 9.62. The minimum absolute atomic E-state index is 0.0481. The minimum Gasteiger partial charge on any atom is -0.465 e. The summed E-state index contributed by atoms with van der Waals surface area (Å²) in [5.41, 5.74) is 0.603. The number of carbonyl (C=O) groups excluding carboxylic acids is 3. The van der Waals surface area contributed by atoms with Crippen LogP contribution in [-0.2, 0) is 9.47 Å². The standard InChI is InChI=1S/C17H22ClN3O5/c1-3-26-17(24)21-8-6-11(7-9-21)19-16(23)20-12-4-5-14(18)13(10-12)15(22)25-2/h4-5,10-11H,3,6-9H2,1-2H3,(H2,19,20,23). The number of piperidine rings is 1. The van der Waals surface area contributed by atoms with Gasteiger partial charge in [-0.1, -0.05) is 11.6 Å². The number of anilines is 1. The Bertz CT molecular complexity index is 674. The zero-order valence-electron chi connectivity index (χ0n) is 14.7. The van der Waals surface area contributed by atoms with Crippen molar-refractivity contribution in [2.45, 2.75) is 25.8 Å². The second-order valence-corrected chi connectivity index (χ2v) is 6.15. The predicted octanol–water partition coefficient (Wildman–Crippen LogP) is 2.87. The van der Waals surface area contributed by atoms with Crippen molar-refractivity contribution < 1.29 is 23.9 Å². The van der Waals surface area contributed by atoms with Gasteiger partial charge >= 0.3 is 18.1 Å². The molecule has 0 aromatic heterocycles. The van der Waals surface area contributed by atoms with Crippen molar-refractivity contribution in [3.8, 4) is 0 Å². The molecule has 1 aromatic rings. The molecule has 1 aliphatic rings. The number of carbonyl (C=O) groups is 3. The maximum atomic E-state index is 12.2. The van der Waals surface area contributed by atoms with Crippen molar-refractivity contribution in [3.05, 3.63) is 28.8 Å². The van der Waals surface area contributed by atoms with Crippen LogP contribution in [0.1, 0.15) is 30.1 Å². The number of esters is 1. The van der Waals surface area contributed by atoms with Crippen LogP contribution in [0.3, 0.4) is 0 Å². The van der Waals surface area contributed by atoms with Gasteiger partial charge < -0.3 is 25.0 Å². The lowest BCUT2D eigenvalue weighted by Gasteiger charge is -2.31. The van der Waals surface area contributed by atoms with Gasteiger partial charge in [0.2, 0.25) is 0 Å². The Morgan fingerprint density at radius 3 is 2.58 bits per heavy atom. The fourth-order valence-corrected chi connectivity index (χ4v) is 2.84. The van der Waals surface area contributed by atoms with Gasteiger partial charge in [0.1, 0.15) is 0 Å². The van der Waals surface area contributed by atoms with E-state index in [1.54, 1.807) is 17.9 Å². The Labute approximate surface area is 156 Å². The third-order valence-electron chi connectivity index (χ3n) is 3.99. The first-order valence-corrected chi connectivity index (χ1v) is 8.69. The summed E-state index contributed by atoms with van der Waals surface area (Å²) in [6, 6.07) is 4.13. The molecule has 1 saturated heterocycles. The summed E-state index contributed by atoms with van der Waals surface area (Å²) >= 11 is 5.95. The van der Waals surface area contributed by atoms with E-state index in [0.29, 0.717) is 38.2 Å². The molecule has 142 valence electrons. The molecular weight excluding hydrogens is 362 g/mol. The molecule has 0 spiro atoms. The number of methoxy groups -OCH3 is 1. The van der Waals surface area contributed by atoms with Crippen molar-refractivity contribution in [3.63, 3.8) is 0 Å². The molecule has 2 rings (SSSR count). The van der Waals surface area contributed by atoms with Crippen LogP contribution in [-0.4, -0.2) is 55.8 Å². The van der Waals surface area contributed by atoms with Gasteiger partial charge in [-0.25, -0.2) is 14.4 Å². The fraction of sp³-hybridized carbons (Fsp3) is 0.471. The number of hydrogen-bond acceptors (Lipinski definition) is 5. The summed E-state index contributed by atoms with van der Waals surface area (Å²) in [5, 5.41) is 5.77. The van der Waals surface area contributed by atoms with E-state index in [1.807, 2.05) is 0 Å². The van der Waals surface area contributed by atoms with E-state index in [1.165, 1.54) is 19.2 Å². The molecule has 8 nitrogen and oxygen atoms in total. The Morgan fingerprint density at radius 1 is 1.27 bits per heavy atom. The predicted molar refractivity (Wildman–Crippen MR) is 96.6 cm³/mol. The van der Waals surface area contributed by atoms with E-state index in [-0.39, 0.29) is 22.7 Å². The molecule has 1 aromatic carbocycles. The molecule has 0 radical (unpaired) electrons. The molecular formula is C17H22ClN3O5. The molecule has 3 amide bonds. The average molecular weight is 384 g/mol. The van der Waals surface area contributed by atoms with E-state index >= 15 is 0 Å². The minimum atomic E-state index is -0.578. The fourth-order valence-electron chi connectivity index (χ4n) is 2.64. The first kappa shape index (κ1) is 19.8. The van der Waals surface area contributed by atoms with Crippen LogP contribution in [0, 0.1) is 0 Å². The van der Waals surface area contributed by atoms with Gasteiger partial charge in [0.15, 0.2) is 0 Å². The first-order valence-electron chi connectivity index (χ1n) is 8.31. The number of hydrogen-bond donors (Lipinski definition) is 2. The highest BCUT2D eigenvalue weighted by atomic mass is 35.5. The second-order valence-electron chi connectivity index (χ2n) is 5.74. The Hall–Kier alpha value is -2.48. The van der Waals surface area contributed by atoms with Gasteiger partial charge in [-0.2, -0.15) is 0 Å². The zero-order chi connectivity index (χ0) is 19.1. The van der Waals surface area contributed by atoms with E-state index in [9.17, 15) is 14.4 Å². The van der Waals surface area contributed by atoms with Gasteiger partial charge in [0, 0.05) is 24.8 Å². The monoisotopic (exact) mass is 383 g/mol. The Balaban J connectivity index is 1.86. The summed E-state index contributed by atoms with van der Waals surface area (Å²) in [6.45, 7) is 3.15. The zero-order valence-corrected chi connectivity index (χ0v) is 15.5. The maximum Gasteiger partial charge on any atom is 0.409 e. The van der Waals surface area contributed by atoms with E-state index < -0.39 is 12.0 Å². The van der Waals surface area contributed by atoms with Crippen LogP contribution in [0.2, 0.25) is 5.02 Å². The smallest absolute Gasteiger partial charge is 0.409 e. The third kappa shape index (κ3) is 5.26. The summed E-state index contributed by atoms with van der Waals surface area (Å²) in [7, 11) is 1.26. The molecule has 9 heteroatoms. The number of nitrogens with one attached hydrogen (secondary N) is 2. The average Bonchev–Trinajstić information content (AvgIpc) is 2.63. The molecule has 0 unspecified atom stereocenters. The van der Waals surface area contributed by atoms with Crippen LogP contribution < -0.4 is 10.6 Å². The van der Waals surface area contributed by atoms with E-state index in [2.05, 4.69) is 15.4 Å². The maximum absolute atomic E-state index is 12.2. The highest BCUT2D eigenvalue weighted by molar-refractivity contribution is 6.33. The number of rotatable bonds is 4. The Morgan fingerprint density at radius 2 is 1.96 bits per heavy atom. The molecule has 0 saturated carbocycles. The van der Waals surface area contributed by atoms with Crippen LogP contribution in [0.25, 0.3) is 0 Å². The van der Waals surface area contributed by atoms with Crippen LogP contribution in [0.5, 0.6) is 0 Å². The van der Waals surface area contributed by atoms with Crippen molar-refractivity contribution in [1.29, 1.82) is 0 Å². The lowest BCUT2D eigenvalue weighted by atomic mass is 10.1. The largest absolute Gasteiger partial charge is 0.465 e. The summed E-state index contributed by atoms with van der Waals surface area (Å²) in [4.78, 5) is 37.1. The lowest BCUT2D eigenvalue weighted by molar-refractivity contribution is 0.0600.